The molecule has 0 bridgehead atoms. The Labute approximate surface area is 179 Å². The fraction of sp³-hybridized carbons (Fsp3) is 0.300. The molecule has 0 radical (unpaired) electrons. The van der Waals surface area contributed by atoms with E-state index in [1.807, 2.05) is 13.0 Å². The van der Waals surface area contributed by atoms with E-state index in [-0.39, 0.29) is 16.6 Å². The first-order valence-corrected chi connectivity index (χ1v) is 12.0. The summed E-state index contributed by atoms with van der Waals surface area (Å²) in [4.78, 5) is 25.1. The lowest BCUT2D eigenvalue weighted by Gasteiger charge is -2.15. The highest BCUT2D eigenvalue weighted by atomic mass is 35.5. The minimum absolute atomic E-state index is 0.0760. The maximum Gasteiger partial charge on any atom is 0.228 e. The molecule has 1 aliphatic heterocycles. The Morgan fingerprint density at radius 2 is 2.03 bits per heavy atom. The molecule has 0 saturated heterocycles. The van der Waals surface area contributed by atoms with Crippen LogP contribution in [0.3, 0.4) is 0 Å². The number of carbonyl (C=O) groups excluding carboxylic acids is 2. The summed E-state index contributed by atoms with van der Waals surface area (Å²) < 4.78 is 25.7. The van der Waals surface area contributed by atoms with Gasteiger partial charge in [-0.25, -0.2) is 8.42 Å². The number of aryl methyl sites for hydroxylation is 1. The lowest BCUT2D eigenvalue weighted by Crippen LogP contribution is -2.27. The van der Waals surface area contributed by atoms with E-state index in [1.54, 1.807) is 25.1 Å². The summed E-state index contributed by atoms with van der Waals surface area (Å²) >= 11 is 7.63. The molecule has 29 heavy (non-hydrogen) atoms. The van der Waals surface area contributed by atoms with Crippen LogP contribution in [0.4, 0.5) is 11.4 Å². The van der Waals surface area contributed by atoms with Gasteiger partial charge in [-0.3, -0.25) is 9.59 Å². The van der Waals surface area contributed by atoms with Gasteiger partial charge in [-0.1, -0.05) is 24.6 Å². The zero-order valence-corrected chi connectivity index (χ0v) is 18.4. The van der Waals surface area contributed by atoms with Crippen LogP contribution in [0.15, 0.2) is 46.2 Å². The van der Waals surface area contributed by atoms with Gasteiger partial charge in [-0.2, -0.15) is 0 Å². The van der Waals surface area contributed by atoms with Gasteiger partial charge in [0.05, 0.1) is 27.0 Å². The maximum absolute atomic E-state index is 12.8. The molecule has 0 spiro atoms. The van der Waals surface area contributed by atoms with Crippen LogP contribution < -0.4 is 10.6 Å². The van der Waals surface area contributed by atoms with Crippen molar-refractivity contribution >= 4 is 56.4 Å². The molecule has 0 unspecified atom stereocenters. The van der Waals surface area contributed by atoms with E-state index in [0.717, 1.165) is 10.5 Å². The third kappa shape index (κ3) is 5.32. The average Bonchev–Trinajstić information content (AvgIpc) is 2.83. The minimum atomic E-state index is -3.73. The molecule has 0 aromatic heterocycles. The van der Waals surface area contributed by atoms with Gasteiger partial charge in [0.1, 0.15) is 0 Å². The van der Waals surface area contributed by atoms with Crippen LogP contribution in [0.5, 0.6) is 0 Å². The number of rotatable bonds is 5. The molecule has 1 atom stereocenters. The van der Waals surface area contributed by atoms with Crippen LogP contribution in [-0.2, 0) is 19.4 Å². The molecule has 3 rings (SSSR count). The number of thioether (sulfide) groups is 1. The molecule has 2 N–H and O–H groups in total. The average molecular weight is 453 g/mol. The van der Waals surface area contributed by atoms with E-state index in [0.29, 0.717) is 28.6 Å². The van der Waals surface area contributed by atoms with Crippen LogP contribution in [0, 0.1) is 12.8 Å². The Balaban J connectivity index is 1.74. The standard InChI is InChI=1S/C20H21ClN2O4S2/c1-12-3-5-16(15(21)9-12)23-20(25)13(2)11-29(26,27)14-4-6-18-17(10-14)22-19(24)7-8-28-18/h3-6,9-10,13H,7-8,11H2,1-2H3,(H,22,24)(H,23,25)/t13-/m0/s1. The van der Waals surface area contributed by atoms with Gasteiger partial charge in [0.15, 0.2) is 9.84 Å². The smallest absolute Gasteiger partial charge is 0.228 e. The van der Waals surface area contributed by atoms with E-state index in [9.17, 15) is 18.0 Å². The van der Waals surface area contributed by atoms with E-state index in [1.165, 1.54) is 23.9 Å². The van der Waals surface area contributed by atoms with Crippen LogP contribution in [0.2, 0.25) is 5.02 Å². The largest absolute Gasteiger partial charge is 0.325 e. The monoisotopic (exact) mass is 452 g/mol. The number of hydrogen-bond donors (Lipinski definition) is 2. The number of nitrogens with one attached hydrogen (secondary N) is 2. The summed E-state index contributed by atoms with van der Waals surface area (Å²) in [6.45, 7) is 3.43. The Hall–Kier alpha value is -2.03. The summed E-state index contributed by atoms with van der Waals surface area (Å²) in [5, 5.41) is 5.81. The van der Waals surface area contributed by atoms with Crippen molar-refractivity contribution in [2.75, 3.05) is 22.1 Å². The summed E-state index contributed by atoms with van der Waals surface area (Å²) in [7, 11) is -3.73. The highest BCUT2D eigenvalue weighted by Crippen LogP contribution is 2.33. The molecular formula is C20H21ClN2O4S2. The zero-order chi connectivity index (χ0) is 21.2. The van der Waals surface area contributed by atoms with E-state index >= 15 is 0 Å². The second kappa shape index (κ2) is 8.77. The van der Waals surface area contributed by atoms with Gasteiger partial charge in [-0.05, 0) is 42.8 Å². The molecule has 2 aromatic rings. The number of fused-ring (bicyclic) bond motifs is 1. The summed E-state index contributed by atoms with van der Waals surface area (Å²) in [6, 6.07) is 9.88. The number of carbonyl (C=O) groups is 2. The van der Waals surface area contributed by atoms with Crippen molar-refractivity contribution in [1.29, 1.82) is 0 Å². The predicted octanol–water partition coefficient (Wildman–Crippen LogP) is 4.13. The van der Waals surface area contributed by atoms with Gasteiger partial charge >= 0.3 is 0 Å². The van der Waals surface area contributed by atoms with Crippen molar-refractivity contribution in [1.82, 2.24) is 0 Å². The highest BCUT2D eigenvalue weighted by molar-refractivity contribution is 7.99. The van der Waals surface area contributed by atoms with Crippen molar-refractivity contribution in [3.05, 3.63) is 47.0 Å². The molecule has 0 saturated carbocycles. The minimum Gasteiger partial charge on any atom is -0.325 e. The van der Waals surface area contributed by atoms with Gasteiger partial charge < -0.3 is 10.6 Å². The van der Waals surface area contributed by atoms with Crippen molar-refractivity contribution in [2.45, 2.75) is 30.1 Å². The molecule has 9 heteroatoms. The first-order chi connectivity index (χ1) is 13.7. The number of anilines is 2. The quantitative estimate of drug-likeness (QED) is 0.711. The third-order valence-electron chi connectivity index (χ3n) is 4.47. The van der Waals surface area contributed by atoms with Gasteiger partial charge in [0.2, 0.25) is 11.8 Å². The molecule has 1 heterocycles. The number of benzene rings is 2. The third-order valence-corrected chi connectivity index (χ3v) is 7.77. The van der Waals surface area contributed by atoms with E-state index in [2.05, 4.69) is 10.6 Å². The number of halogens is 1. The molecule has 0 fully saturated rings. The Bertz CT molecular complexity index is 1070. The summed E-state index contributed by atoms with van der Waals surface area (Å²) in [5.41, 5.74) is 1.88. The normalized spacial score (nSPS) is 15.1. The van der Waals surface area contributed by atoms with Crippen molar-refractivity contribution < 1.29 is 18.0 Å². The fourth-order valence-electron chi connectivity index (χ4n) is 2.87. The Morgan fingerprint density at radius 1 is 1.28 bits per heavy atom. The van der Waals surface area contributed by atoms with Gasteiger partial charge in [-0.15, -0.1) is 11.8 Å². The topological polar surface area (TPSA) is 92.3 Å². The van der Waals surface area contributed by atoms with E-state index < -0.39 is 21.7 Å². The van der Waals surface area contributed by atoms with Crippen molar-refractivity contribution in [3.8, 4) is 0 Å². The number of amides is 2. The van der Waals surface area contributed by atoms with Gasteiger partial charge in [0.25, 0.3) is 0 Å². The second-order valence-corrected chi connectivity index (χ2v) is 10.5. The van der Waals surface area contributed by atoms with Crippen molar-refractivity contribution in [2.24, 2.45) is 5.92 Å². The van der Waals surface area contributed by atoms with Gasteiger partial charge in [0, 0.05) is 23.0 Å². The number of sulfone groups is 1. The first-order valence-electron chi connectivity index (χ1n) is 9.02. The maximum atomic E-state index is 12.8. The summed E-state index contributed by atoms with van der Waals surface area (Å²) in [5.74, 6) is -1.09. The molecule has 2 aromatic carbocycles. The van der Waals surface area contributed by atoms with Crippen LogP contribution in [0.25, 0.3) is 0 Å². The molecule has 0 aliphatic carbocycles. The lowest BCUT2D eigenvalue weighted by molar-refractivity contribution is -0.119. The molecule has 154 valence electrons. The Kier molecular flexibility index (Phi) is 6.55. The number of hydrogen-bond acceptors (Lipinski definition) is 5. The highest BCUT2D eigenvalue weighted by Gasteiger charge is 2.25. The van der Waals surface area contributed by atoms with Crippen LogP contribution >= 0.6 is 23.4 Å². The summed E-state index contributed by atoms with van der Waals surface area (Å²) in [6.07, 6.45) is 0.375. The molecule has 1 aliphatic rings. The van der Waals surface area contributed by atoms with Crippen LogP contribution in [-0.4, -0.2) is 31.7 Å². The Morgan fingerprint density at radius 3 is 2.76 bits per heavy atom. The second-order valence-electron chi connectivity index (χ2n) is 6.96. The zero-order valence-electron chi connectivity index (χ0n) is 16.0. The first kappa shape index (κ1) is 21.7. The van der Waals surface area contributed by atoms with E-state index in [4.69, 9.17) is 11.6 Å². The molecule has 2 amide bonds. The SMILES string of the molecule is Cc1ccc(NC(=O)[C@@H](C)CS(=O)(=O)c2ccc3c(c2)NC(=O)CCS3)c(Cl)c1. The molecular weight excluding hydrogens is 432 g/mol. The van der Waals surface area contributed by atoms with Crippen molar-refractivity contribution in [3.63, 3.8) is 0 Å². The predicted molar refractivity (Wildman–Crippen MR) is 116 cm³/mol. The van der Waals surface area contributed by atoms with Crippen LogP contribution in [0.1, 0.15) is 18.9 Å². The fourth-order valence-corrected chi connectivity index (χ4v) is 5.67. The lowest BCUT2D eigenvalue weighted by atomic mass is 10.2. The molecule has 6 nitrogen and oxygen atoms in total.